The fourth-order valence-corrected chi connectivity index (χ4v) is 2.47. The van der Waals surface area contributed by atoms with E-state index in [1.165, 1.54) is 11.1 Å². The zero-order valence-corrected chi connectivity index (χ0v) is 12.8. The molecule has 0 fully saturated rings. The molecule has 0 unspecified atom stereocenters. The van der Waals surface area contributed by atoms with Crippen molar-refractivity contribution in [1.29, 1.82) is 0 Å². The van der Waals surface area contributed by atoms with Gasteiger partial charge in [0.05, 0.1) is 11.2 Å². The topological polar surface area (TPSA) is 34.9 Å². The first-order valence-corrected chi connectivity index (χ1v) is 7.18. The summed E-state index contributed by atoms with van der Waals surface area (Å²) in [6.45, 7) is 6.03. The van der Waals surface area contributed by atoms with E-state index in [9.17, 15) is 4.79 Å². The maximum Gasteiger partial charge on any atom is 0.182 e. The number of benzene rings is 1. The van der Waals surface area contributed by atoms with Crippen LogP contribution in [-0.4, -0.2) is 15.6 Å². The minimum absolute atomic E-state index is 0.0442. The Morgan fingerprint density at radius 3 is 2.80 bits per heavy atom. The van der Waals surface area contributed by atoms with Gasteiger partial charge in [0.1, 0.15) is 5.69 Å². The summed E-state index contributed by atoms with van der Waals surface area (Å²) in [5, 5.41) is 4.61. The van der Waals surface area contributed by atoms with Crippen LogP contribution < -0.4 is 0 Å². The number of halogens is 1. The van der Waals surface area contributed by atoms with E-state index in [2.05, 4.69) is 24.2 Å². The Bertz CT molecular complexity index is 617. The van der Waals surface area contributed by atoms with Gasteiger partial charge in [0.15, 0.2) is 5.78 Å². The first kappa shape index (κ1) is 14.8. The van der Waals surface area contributed by atoms with Crippen molar-refractivity contribution < 1.29 is 4.79 Å². The smallest absolute Gasteiger partial charge is 0.182 e. The van der Waals surface area contributed by atoms with Crippen molar-refractivity contribution in [3.63, 3.8) is 0 Å². The lowest BCUT2D eigenvalue weighted by atomic mass is 10.0. The summed E-state index contributed by atoms with van der Waals surface area (Å²) in [5.41, 5.74) is 2.90. The average molecular weight is 291 g/mol. The highest BCUT2D eigenvalue weighted by atomic mass is 35.5. The van der Waals surface area contributed by atoms with Gasteiger partial charge in [-0.25, -0.2) is 0 Å². The maximum atomic E-state index is 12.4. The highest BCUT2D eigenvalue weighted by molar-refractivity contribution is 6.33. The predicted octanol–water partition coefficient (Wildman–Crippen LogP) is 4.24. The van der Waals surface area contributed by atoms with E-state index in [1.807, 2.05) is 26.0 Å². The summed E-state index contributed by atoms with van der Waals surface area (Å²) in [7, 11) is 0. The number of nitrogens with zero attached hydrogens (tertiary/aromatic N) is 2. The number of ketones is 1. The van der Waals surface area contributed by atoms with E-state index < -0.39 is 0 Å². The second kappa shape index (κ2) is 6.23. The Balaban J connectivity index is 2.11. The molecule has 2 rings (SSSR count). The van der Waals surface area contributed by atoms with E-state index in [-0.39, 0.29) is 11.8 Å². The highest BCUT2D eigenvalue weighted by Crippen LogP contribution is 2.21. The van der Waals surface area contributed by atoms with Crippen LogP contribution in [0.3, 0.4) is 0 Å². The Morgan fingerprint density at radius 1 is 1.40 bits per heavy atom. The Morgan fingerprint density at radius 2 is 2.15 bits per heavy atom. The lowest BCUT2D eigenvalue weighted by Gasteiger charge is -2.10. The van der Waals surface area contributed by atoms with Gasteiger partial charge < -0.3 is 0 Å². The quantitative estimate of drug-likeness (QED) is 0.772. The number of hydrogen-bond acceptors (Lipinski definition) is 2. The monoisotopic (exact) mass is 290 g/mol. The van der Waals surface area contributed by atoms with Gasteiger partial charge in [0, 0.05) is 12.5 Å². The van der Waals surface area contributed by atoms with E-state index in [0.29, 0.717) is 17.1 Å². The largest absolute Gasteiger partial charge is 0.292 e. The molecule has 1 heterocycles. The number of hydrogen-bond donors (Lipinski definition) is 0. The second-order valence-electron chi connectivity index (χ2n) is 5.29. The molecule has 1 aromatic heterocycles. The maximum absolute atomic E-state index is 12.4. The molecule has 0 aliphatic carbocycles. The summed E-state index contributed by atoms with van der Waals surface area (Å²) in [6, 6.07) is 8.34. The minimum Gasteiger partial charge on any atom is -0.292 e. The molecule has 20 heavy (non-hydrogen) atoms. The third-order valence-corrected chi connectivity index (χ3v) is 3.50. The van der Waals surface area contributed by atoms with Gasteiger partial charge in [-0.15, -0.1) is 0 Å². The van der Waals surface area contributed by atoms with E-state index in [1.54, 1.807) is 10.9 Å². The Labute approximate surface area is 124 Å². The van der Waals surface area contributed by atoms with E-state index >= 15 is 0 Å². The van der Waals surface area contributed by atoms with Crippen molar-refractivity contribution in [2.75, 3.05) is 0 Å². The molecule has 0 aliphatic heterocycles. The van der Waals surface area contributed by atoms with Gasteiger partial charge in [-0.2, -0.15) is 5.10 Å². The van der Waals surface area contributed by atoms with Crippen LogP contribution in [0, 0.1) is 6.92 Å². The second-order valence-corrected chi connectivity index (χ2v) is 5.70. The number of aromatic nitrogens is 2. The van der Waals surface area contributed by atoms with Gasteiger partial charge in [-0.3, -0.25) is 9.48 Å². The zero-order chi connectivity index (χ0) is 14.7. The van der Waals surface area contributed by atoms with Crippen LogP contribution in [0.15, 0.2) is 30.5 Å². The molecule has 1 aromatic carbocycles. The van der Waals surface area contributed by atoms with Crippen molar-refractivity contribution in [2.24, 2.45) is 0 Å². The fraction of sp³-hybridized carbons (Fsp3) is 0.375. The van der Waals surface area contributed by atoms with Crippen LogP contribution in [0.5, 0.6) is 0 Å². The summed E-state index contributed by atoms with van der Waals surface area (Å²) < 4.78 is 1.70. The van der Waals surface area contributed by atoms with Crippen LogP contribution in [-0.2, 0) is 6.42 Å². The lowest BCUT2D eigenvalue weighted by molar-refractivity contribution is 0.0970. The third-order valence-electron chi connectivity index (χ3n) is 3.23. The molecule has 0 radical (unpaired) electrons. The van der Waals surface area contributed by atoms with Crippen LogP contribution >= 0.6 is 11.6 Å². The predicted molar refractivity (Wildman–Crippen MR) is 81.5 cm³/mol. The SMILES string of the molecule is Cc1cccc(CCC(=O)c2c(Cl)cnn2C(C)C)c1. The Hall–Kier alpha value is -1.61. The normalized spacial score (nSPS) is 11.1. The molecule has 0 bridgehead atoms. The molecule has 0 amide bonds. The number of rotatable bonds is 5. The van der Waals surface area contributed by atoms with Gasteiger partial charge in [0.2, 0.25) is 0 Å². The van der Waals surface area contributed by atoms with E-state index in [4.69, 9.17) is 11.6 Å². The highest BCUT2D eigenvalue weighted by Gasteiger charge is 2.18. The third kappa shape index (κ3) is 3.28. The molecule has 0 N–H and O–H groups in total. The van der Waals surface area contributed by atoms with Gasteiger partial charge in [-0.05, 0) is 32.8 Å². The molecule has 4 heteroatoms. The number of Topliss-reactive ketones (excluding diaryl/α,β-unsaturated/α-hetero) is 1. The lowest BCUT2D eigenvalue weighted by Crippen LogP contribution is -2.13. The van der Waals surface area contributed by atoms with Crippen molar-refractivity contribution in [3.05, 3.63) is 52.3 Å². The summed E-state index contributed by atoms with van der Waals surface area (Å²) in [6.07, 6.45) is 2.71. The first-order valence-electron chi connectivity index (χ1n) is 6.80. The number of carbonyl (C=O) groups is 1. The standard InChI is InChI=1S/C16H19ClN2O/c1-11(2)19-16(14(17)10-18-19)15(20)8-7-13-6-4-5-12(3)9-13/h4-6,9-11H,7-8H2,1-3H3. The zero-order valence-electron chi connectivity index (χ0n) is 12.1. The van der Waals surface area contributed by atoms with Crippen LogP contribution in [0.25, 0.3) is 0 Å². The Kier molecular flexibility index (Phi) is 4.61. The summed E-state index contributed by atoms with van der Waals surface area (Å²) >= 11 is 6.09. The fourth-order valence-electron chi connectivity index (χ4n) is 2.24. The first-order chi connectivity index (χ1) is 9.49. The molecule has 0 spiro atoms. The van der Waals surface area contributed by atoms with E-state index in [0.717, 1.165) is 6.42 Å². The van der Waals surface area contributed by atoms with Gasteiger partial charge >= 0.3 is 0 Å². The summed E-state index contributed by atoms with van der Waals surface area (Å²) in [5.74, 6) is 0.0442. The number of aryl methyl sites for hydroxylation is 2. The van der Waals surface area contributed by atoms with Crippen LogP contribution in [0.1, 0.15) is 47.9 Å². The van der Waals surface area contributed by atoms with Crippen LogP contribution in [0.4, 0.5) is 0 Å². The van der Waals surface area contributed by atoms with Gasteiger partial charge in [-0.1, -0.05) is 41.4 Å². The molecule has 3 nitrogen and oxygen atoms in total. The van der Waals surface area contributed by atoms with Crippen molar-refractivity contribution in [2.45, 2.75) is 39.7 Å². The summed E-state index contributed by atoms with van der Waals surface area (Å²) in [4.78, 5) is 12.4. The molecule has 0 saturated heterocycles. The van der Waals surface area contributed by atoms with Crippen molar-refractivity contribution in [1.82, 2.24) is 9.78 Å². The molecule has 106 valence electrons. The molecule has 0 atom stereocenters. The molecule has 0 saturated carbocycles. The average Bonchev–Trinajstić information content (AvgIpc) is 2.78. The van der Waals surface area contributed by atoms with Crippen molar-refractivity contribution in [3.8, 4) is 0 Å². The minimum atomic E-state index is 0.0442. The molecular formula is C16H19ClN2O. The molecular weight excluding hydrogens is 272 g/mol. The molecule has 0 aliphatic rings. The van der Waals surface area contributed by atoms with Crippen LogP contribution in [0.2, 0.25) is 5.02 Å². The number of carbonyl (C=O) groups excluding carboxylic acids is 1. The van der Waals surface area contributed by atoms with Gasteiger partial charge in [0.25, 0.3) is 0 Å². The van der Waals surface area contributed by atoms with Crippen molar-refractivity contribution >= 4 is 17.4 Å². The molecule has 2 aromatic rings.